The summed E-state index contributed by atoms with van der Waals surface area (Å²) in [5.41, 5.74) is -1.57. The Morgan fingerprint density at radius 1 is 1.19 bits per heavy atom. The van der Waals surface area contributed by atoms with Gasteiger partial charge in [0.15, 0.2) is 6.23 Å². The van der Waals surface area contributed by atoms with E-state index in [0.717, 1.165) is 17.0 Å². The predicted octanol–water partition coefficient (Wildman–Crippen LogP) is 2.11. The number of hydrogen-bond donors (Lipinski definition) is 1. The number of fused-ring (bicyclic) bond motifs is 2. The van der Waals surface area contributed by atoms with Gasteiger partial charge < -0.3 is 9.64 Å². The van der Waals surface area contributed by atoms with Crippen molar-refractivity contribution < 1.29 is 40.7 Å². The van der Waals surface area contributed by atoms with Crippen molar-refractivity contribution in [2.24, 2.45) is 0 Å². The minimum atomic E-state index is -5.22. The second-order valence-corrected chi connectivity index (χ2v) is 5.89. The van der Waals surface area contributed by atoms with Crippen molar-refractivity contribution in [2.75, 3.05) is 13.1 Å². The van der Waals surface area contributed by atoms with E-state index in [0.29, 0.717) is 0 Å². The maximum atomic E-state index is 13.2. The van der Waals surface area contributed by atoms with Crippen LogP contribution in [0.5, 0.6) is 0 Å². The number of hydrogen-bond acceptors (Lipinski definition) is 4. The molecule has 2 unspecified atom stereocenters. The van der Waals surface area contributed by atoms with E-state index in [4.69, 9.17) is 0 Å². The Morgan fingerprint density at radius 3 is 2.50 bits per heavy atom. The van der Waals surface area contributed by atoms with Gasteiger partial charge in [-0.3, -0.25) is 10.1 Å². The Kier molecular flexibility index (Phi) is 4.37. The first kappa shape index (κ1) is 18.5. The van der Waals surface area contributed by atoms with Crippen molar-refractivity contribution in [3.8, 4) is 0 Å². The van der Waals surface area contributed by atoms with Crippen LogP contribution in [0.3, 0.4) is 0 Å². The maximum absolute atomic E-state index is 13.2. The molecule has 2 aliphatic heterocycles. The standard InChI is InChI=1S/C15H12F6N2O3/c16-14(17,18)8-3-1-2-7-6-9-11(26-13(25)15(19,20)21)22-4-5-23(9)12(24)10(7)8/h1-3,9,11,22H,4-6H2. The molecule has 2 atom stereocenters. The van der Waals surface area contributed by atoms with Crippen LogP contribution in [-0.2, 0) is 22.1 Å². The number of amides is 1. The highest BCUT2D eigenvalue weighted by molar-refractivity contribution is 5.99. The van der Waals surface area contributed by atoms with Crippen molar-refractivity contribution in [3.63, 3.8) is 0 Å². The number of nitrogens with one attached hydrogen (secondary N) is 1. The number of halogens is 6. The van der Waals surface area contributed by atoms with Crippen molar-refractivity contribution in [1.29, 1.82) is 0 Å². The lowest BCUT2D eigenvalue weighted by Gasteiger charge is -2.44. The van der Waals surface area contributed by atoms with Gasteiger partial charge >= 0.3 is 18.3 Å². The third-order valence-corrected chi connectivity index (χ3v) is 4.27. The number of carbonyl (C=O) groups is 2. The number of piperazine rings is 1. The molecule has 5 nitrogen and oxygen atoms in total. The number of ether oxygens (including phenoxy) is 1. The molecule has 26 heavy (non-hydrogen) atoms. The summed E-state index contributed by atoms with van der Waals surface area (Å²) < 4.78 is 81.2. The molecule has 142 valence electrons. The highest BCUT2D eigenvalue weighted by Gasteiger charge is 2.48. The Hall–Kier alpha value is -2.30. The highest BCUT2D eigenvalue weighted by Crippen LogP contribution is 2.37. The normalized spacial score (nSPS) is 23.3. The summed E-state index contributed by atoms with van der Waals surface area (Å²) >= 11 is 0. The molecule has 1 aromatic rings. The largest absolute Gasteiger partial charge is 0.490 e. The number of esters is 1. The molecular formula is C15H12F6N2O3. The lowest BCUT2D eigenvalue weighted by atomic mass is 9.88. The van der Waals surface area contributed by atoms with E-state index < -0.39 is 47.6 Å². The summed E-state index contributed by atoms with van der Waals surface area (Å²) in [6, 6.07) is 2.17. The van der Waals surface area contributed by atoms with E-state index in [1.165, 1.54) is 6.07 Å². The summed E-state index contributed by atoms with van der Waals surface area (Å²) in [4.78, 5) is 24.7. The van der Waals surface area contributed by atoms with E-state index in [1.807, 2.05) is 0 Å². The molecule has 0 spiro atoms. The van der Waals surface area contributed by atoms with E-state index in [1.54, 1.807) is 0 Å². The van der Waals surface area contributed by atoms with Gasteiger partial charge in [0.25, 0.3) is 5.91 Å². The smallest absolute Gasteiger partial charge is 0.438 e. The summed E-state index contributed by atoms with van der Waals surface area (Å²) in [5, 5.41) is 2.56. The lowest BCUT2D eigenvalue weighted by molar-refractivity contribution is -0.210. The van der Waals surface area contributed by atoms with Crippen molar-refractivity contribution in [2.45, 2.75) is 31.0 Å². The third-order valence-electron chi connectivity index (χ3n) is 4.27. The van der Waals surface area contributed by atoms with Gasteiger partial charge in [-0.2, -0.15) is 26.3 Å². The second kappa shape index (κ2) is 6.15. The van der Waals surface area contributed by atoms with Gasteiger partial charge in [-0.15, -0.1) is 0 Å². The molecule has 0 bridgehead atoms. The predicted molar refractivity (Wildman–Crippen MR) is 73.9 cm³/mol. The Balaban J connectivity index is 1.94. The van der Waals surface area contributed by atoms with Crippen LogP contribution in [0.25, 0.3) is 0 Å². The van der Waals surface area contributed by atoms with Gasteiger partial charge in [0, 0.05) is 13.1 Å². The summed E-state index contributed by atoms with van der Waals surface area (Å²) in [6.45, 7) is -0.0449. The number of alkyl halides is 6. The molecule has 1 N–H and O–H groups in total. The van der Waals surface area contributed by atoms with Crippen LogP contribution in [0, 0.1) is 0 Å². The molecule has 0 aromatic heterocycles. The van der Waals surface area contributed by atoms with E-state index >= 15 is 0 Å². The van der Waals surface area contributed by atoms with E-state index in [2.05, 4.69) is 10.1 Å². The lowest BCUT2D eigenvalue weighted by Crippen LogP contribution is -2.64. The van der Waals surface area contributed by atoms with Gasteiger partial charge in [0.05, 0.1) is 17.2 Å². The average Bonchev–Trinajstić information content (AvgIpc) is 2.53. The Morgan fingerprint density at radius 2 is 1.88 bits per heavy atom. The van der Waals surface area contributed by atoms with Gasteiger partial charge in [0.2, 0.25) is 0 Å². The molecule has 1 amide bonds. The van der Waals surface area contributed by atoms with Crippen molar-refractivity contribution in [3.05, 3.63) is 34.9 Å². The first-order valence-corrected chi connectivity index (χ1v) is 7.51. The van der Waals surface area contributed by atoms with E-state index in [9.17, 15) is 35.9 Å². The SMILES string of the molecule is O=C1c2c(cccc2C(F)(F)F)CC2C(OC(=O)C(F)(F)F)NCCN12. The molecule has 1 aromatic carbocycles. The molecule has 2 heterocycles. The minimum Gasteiger partial charge on any atom is -0.438 e. The summed E-state index contributed by atoms with van der Waals surface area (Å²) in [7, 11) is 0. The summed E-state index contributed by atoms with van der Waals surface area (Å²) in [5.74, 6) is -3.38. The molecule has 1 saturated heterocycles. The van der Waals surface area contributed by atoms with Crippen LogP contribution < -0.4 is 5.32 Å². The van der Waals surface area contributed by atoms with Crippen molar-refractivity contribution in [1.82, 2.24) is 10.2 Å². The molecule has 1 fully saturated rings. The van der Waals surface area contributed by atoms with Crippen LogP contribution >= 0.6 is 0 Å². The average molecular weight is 382 g/mol. The zero-order chi connectivity index (χ0) is 19.3. The molecule has 11 heteroatoms. The first-order valence-electron chi connectivity index (χ1n) is 7.51. The number of rotatable bonds is 1. The highest BCUT2D eigenvalue weighted by atomic mass is 19.4. The van der Waals surface area contributed by atoms with Crippen molar-refractivity contribution >= 4 is 11.9 Å². The zero-order valence-electron chi connectivity index (χ0n) is 12.9. The maximum Gasteiger partial charge on any atom is 0.490 e. The van der Waals surface area contributed by atoms with Crippen LogP contribution in [0.2, 0.25) is 0 Å². The Bertz CT molecular complexity index is 746. The van der Waals surface area contributed by atoms with Crippen LogP contribution in [0.4, 0.5) is 26.3 Å². The fourth-order valence-corrected chi connectivity index (χ4v) is 3.19. The number of nitrogens with zero attached hydrogens (tertiary/aromatic N) is 1. The van der Waals surface area contributed by atoms with Gasteiger partial charge in [-0.1, -0.05) is 12.1 Å². The minimum absolute atomic E-state index is 0.0187. The summed E-state index contributed by atoms with van der Waals surface area (Å²) in [6.07, 6.45) is -11.6. The third kappa shape index (κ3) is 3.22. The number of carbonyl (C=O) groups excluding carboxylic acids is 2. The number of benzene rings is 1. The molecule has 0 aliphatic carbocycles. The fourth-order valence-electron chi connectivity index (χ4n) is 3.19. The van der Waals surface area contributed by atoms with Crippen LogP contribution in [0.1, 0.15) is 21.5 Å². The topological polar surface area (TPSA) is 58.6 Å². The van der Waals surface area contributed by atoms with E-state index in [-0.39, 0.29) is 25.1 Å². The molecular weight excluding hydrogens is 370 g/mol. The first-order chi connectivity index (χ1) is 12.0. The quantitative estimate of drug-likeness (QED) is 0.597. The molecule has 3 rings (SSSR count). The fraction of sp³-hybridized carbons (Fsp3) is 0.467. The Labute approximate surface area is 142 Å². The van der Waals surface area contributed by atoms with Crippen LogP contribution in [-0.4, -0.2) is 48.3 Å². The molecule has 0 radical (unpaired) electrons. The zero-order valence-corrected chi connectivity index (χ0v) is 12.9. The molecule has 2 aliphatic rings. The van der Waals surface area contributed by atoms with Crippen LogP contribution in [0.15, 0.2) is 18.2 Å². The van der Waals surface area contributed by atoms with Gasteiger partial charge in [-0.05, 0) is 18.1 Å². The van der Waals surface area contributed by atoms with Gasteiger partial charge in [-0.25, -0.2) is 4.79 Å². The molecule has 0 saturated carbocycles. The second-order valence-electron chi connectivity index (χ2n) is 5.89. The monoisotopic (exact) mass is 382 g/mol. The van der Waals surface area contributed by atoms with Gasteiger partial charge in [0.1, 0.15) is 0 Å².